The average Bonchev–Trinajstić information content (AvgIpc) is 2.70. The molecule has 0 aliphatic heterocycles. The lowest BCUT2D eigenvalue weighted by atomic mass is 10.2. The Morgan fingerprint density at radius 1 is 0.929 bits per heavy atom. The largest absolute Gasteiger partial charge is 0.322 e. The lowest BCUT2D eigenvalue weighted by Crippen LogP contribution is -2.16. The third-order valence-corrected chi connectivity index (χ3v) is 5.38. The number of carbonyl (C=O) groups is 1. The molecule has 0 spiro atoms. The van der Waals surface area contributed by atoms with Crippen LogP contribution in [-0.4, -0.2) is 14.3 Å². The molecule has 140 valence electrons. The Bertz CT molecular complexity index is 1160. The van der Waals surface area contributed by atoms with E-state index in [0.717, 1.165) is 5.56 Å². The summed E-state index contributed by atoms with van der Waals surface area (Å²) in [5.41, 5.74) is 2.86. The number of rotatable bonds is 5. The number of sulfonamides is 1. The highest BCUT2D eigenvalue weighted by molar-refractivity contribution is 7.92. The second kappa shape index (κ2) is 7.99. The number of carbonyl (C=O) groups excluding carboxylic acids is 1. The summed E-state index contributed by atoms with van der Waals surface area (Å²) in [7, 11) is -3.82. The summed E-state index contributed by atoms with van der Waals surface area (Å²) in [6, 6.07) is 19.7. The first-order valence-corrected chi connectivity index (χ1v) is 9.93. The van der Waals surface area contributed by atoms with Crippen molar-refractivity contribution in [3.63, 3.8) is 0 Å². The van der Waals surface area contributed by atoms with Gasteiger partial charge in [-0.05, 0) is 55.5 Å². The molecular weight excluding hydrogens is 372 g/mol. The van der Waals surface area contributed by atoms with Gasteiger partial charge in [-0.15, -0.1) is 6.42 Å². The van der Waals surface area contributed by atoms with Crippen LogP contribution in [0.15, 0.2) is 77.7 Å². The Morgan fingerprint density at radius 3 is 2.36 bits per heavy atom. The number of amides is 1. The Kier molecular flexibility index (Phi) is 5.48. The maximum absolute atomic E-state index is 12.6. The minimum atomic E-state index is -3.82. The lowest BCUT2D eigenvalue weighted by molar-refractivity contribution is 0.102. The molecule has 0 saturated heterocycles. The van der Waals surface area contributed by atoms with Gasteiger partial charge in [0, 0.05) is 22.5 Å². The topological polar surface area (TPSA) is 75.3 Å². The van der Waals surface area contributed by atoms with Crippen LogP contribution in [0.2, 0.25) is 0 Å². The van der Waals surface area contributed by atoms with Gasteiger partial charge in [-0.3, -0.25) is 9.52 Å². The van der Waals surface area contributed by atoms with Crippen LogP contribution in [0.5, 0.6) is 0 Å². The highest BCUT2D eigenvalue weighted by Crippen LogP contribution is 2.19. The summed E-state index contributed by atoms with van der Waals surface area (Å²) in [5, 5.41) is 2.72. The molecule has 0 heterocycles. The van der Waals surface area contributed by atoms with E-state index >= 15 is 0 Å². The first-order valence-electron chi connectivity index (χ1n) is 8.45. The van der Waals surface area contributed by atoms with Crippen LogP contribution < -0.4 is 10.0 Å². The van der Waals surface area contributed by atoms with Gasteiger partial charge in [-0.2, -0.15) is 0 Å². The van der Waals surface area contributed by atoms with Gasteiger partial charge in [-0.25, -0.2) is 8.42 Å². The van der Waals surface area contributed by atoms with Crippen molar-refractivity contribution in [1.82, 2.24) is 0 Å². The summed E-state index contributed by atoms with van der Waals surface area (Å²) in [6.45, 7) is 1.92. The number of aryl methyl sites for hydroxylation is 1. The van der Waals surface area contributed by atoms with E-state index in [9.17, 15) is 13.2 Å². The molecule has 0 saturated carbocycles. The van der Waals surface area contributed by atoms with Gasteiger partial charge in [0.15, 0.2) is 0 Å². The van der Waals surface area contributed by atoms with Crippen LogP contribution >= 0.6 is 0 Å². The molecule has 0 radical (unpaired) electrons. The number of hydrogen-bond acceptors (Lipinski definition) is 3. The normalized spacial score (nSPS) is 10.7. The maximum Gasteiger partial charge on any atom is 0.261 e. The van der Waals surface area contributed by atoms with Crippen molar-refractivity contribution in [2.24, 2.45) is 0 Å². The molecule has 3 rings (SSSR count). The van der Waals surface area contributed by atoms with Gasteiger partial charge >= 0.3 is 0 Å². The van der Waals surface area contributed by atoms with E-state index in [1.165, 1.54) is 18.2 Å². The van der Waals surface area contributed by atoms with E-state index in [-0.39, 0.29) is 10.5 Å². The smallest absolute Gasteiger partial charge is 0.261 e. The first-order chi connectivity index (χ1) is 13.4. The molecule has 2 N–H and O–H groups in total. The second-order valence-electron chi connectivity index (χ2n) is 6.18. The molecule has 3 aromatic carbocycles. The number of terminal acetylenes is 1. The van der Waals surface area contributed by atoms with Crippen LogP contribution in [0.25, 0.3) is 0 Å². The Labute approximate surface area is 164 Å². The van der Waals surface area contributed by atoms with Gasteiger partial charge in [0.05, 0.1) is 4.90 Å². The Morgan fingerprint density at radius 2 is 1.64 bits per heavy atom. The van der Waals surface area contributed by atoms with Gasteiger partial charge in [0.25, 0.3) is 15.9 Å². The molecule has 0 fully saturated rings. The first kappa shape index (κ1) is 19.2. The number of anilines is 2. The van der Waals surface area contributed by atoms with Crippen LogP contribution in [0.1, 0.15) is 21.5 Å². The van der Waals surface area contributed by atoms with Crippen LogP contribution in [-0.2, 0) is 10.0 Å². The Hall–Kier alpha value is -3.56. The highest BCUT2D eigenvalue weighted by Gasteiger charge is 2.16. The van der Waals surface area contributed by atoms with E-state index in [1.54, 1.807) is 42.5 Å². The monoisotopic (exact) mass is 390 g/mol. The zero-order valence-electron chi connectivity index (χ0n) is 15.1. The molecular formula is C22H18N2O3S. The van der Waals surface area contributed by atoms with Crippen molar-refractivity contribution in [3.05, 3.63) is 89.5 Å². The fraction of sp³-hybridized carbons (Fsp3) is 0.0455. The van der Waals surface area contributed by atoms with Gasteiger partial charge in [-0.1, -0.05) is 35.7 Å². The van der Waals surface area contributed by atoms with Crippen molar-refractivity contribution in [1.29, 1.82) is 0 Å². The third kappa shape index (κ3) is 4.58. The molecule has 1 amide bonds. The number of benzene rings is 3. The number of hydrogen-bond donors (Lipinski definition) is 2. The second-order valence-corrected chi connectivity index (χ2v) is 7.86. The van der Waals surface area contributed by atoms with E-state index in [1.807, 2.05) is 19.1 Å². The predicted octanol–water partition coefficient (Wildman–Crippen LogP) is 4.03. The summed E-state index contributed by atoms with van der Waals surface area (Å²) >= 11 is 0. The SMILES string of the molecule is C#Cc1cccc(NC(=O)c2cccc(S(=O)(=O)Nc3ccc(C)cc3)c2)c1. The quantitative estimate of drug-likeness (QED) is 0.646. The van der Waals surface area contributed by atoms with Crippen molar-refractivity contribution >= 4 is 27.3 Å². The fourth-order valence-electron chi connectivity index (χ4n) is 2.53. The molecule has 6 heteroatoms. The summed E-state index contributed by atoms with van der Waals surface area (Å²) < 4.78 is 27.8. The molecule has 0 bridgehead atoms. The molecule has 0 aliphatic rings. The van der Waals surface area contributed by atoms with E-state index < -0.39 is 15.9 Å². The van der Waals surface area contributed by atoms with E-state index in [2.05, 4.69) is 16.0 Å². The van der Waals surface area contributed by atoms with Crippen LogP contribution in [0.3, 0.4) is 0 Å². The molecule has 0 unspecified atom stereocenters. The zero-order valence-corrected chi connectivity index (χ0v) is 16.0. The Balaban J connectivity index is 1.81. The van der Waals surface area contributed by atoms with E-state index in [0.29, 0.717) is 16.9 Å². The molecule has 3 aromatic rings. The minimum absolute atomic E-state index is 0.00176. The standard InChI is InChI=1S/C22H18N2O3S/c1-3-17-6-4-8-20(14-17)23-22(25)18-7-5-9-21(15-18)28(26,27)24-19-12-10-16(2)11-13-19/h1,4-15,24H,2H3,(H,23,25). The van der Waals surface area contributed by atoms with Crippen molar-refractivity contribution in [2.45, 2.75) is 11.8 Å². The maximum atomic E-state index is 12.6. The predicted molar refractivity (Wildman–Crippen MR) is 111 cm³/mol. The van der Waals surface area contributed by atoms with Crippen molar-refractivity contribution < 1.29 is 13.2 Å². The highest BCUT2D eigenvalue weighted by atomic mass is 32.2. The lowest BCUT2D eigenvalue weighted by Gasteiger charge is -2.10. The molecule has 28 heavy (non-hydrogen) atoms. The number of nitrogens with one attached hydrogen (secondary N) is 2. The van der Waals surface area contributed by atoms with Crippen LogP contribution in [0, 0.1) is 19.3 Å². The molecule has 0 atom stereocenters. The summed E-state index contributed by atoms with van der Waals surface area (Å²) in [6.07, 6.45) is 5.36. The van der Waals surface area contributed by atoms with Crippen LogP contribution in [0.4, 0.5) is 11.4 Å². The third-order valence-electron chi connectivity index (χ3n) is 4.00. The molecule has 0 aromatic heterocycles. The summed E-state index contributed by atoms with van der Waals surface area (Å²) in [4.78, 5) is 12.5. The van der Waals surface area contributed by atoms with Gasteiger partial charge in [0.2, 0.25) is 0 Å². The van der Waals surface area contributed by atoms with Gasteiger partial charge < -0.3 is 5.32 Å². The average molecular weight is 390 g/mol. The summed E-state index contributed by atoms with van der Waals surface area (Å²) in [5.74, 6) is 2.07. The fourth-order valence-corrected chi connectivity index (χ4v) is 3.63. The molecule has 0 aliphatic carbocycles. The van der Waals surface area contributed by atoms with E-state index in [4.69, 9.17) is 6.42 Å². The van der Waals surface area contributed by atoms with Crippen molar-refractivity contribution in [2.75, 3.05) is 10.0 Å². The minimum Gasteiger partial charge on any atom is -0.322 e. The molecule has 5 nitrogen and oxygen atoms in total. The van der Waals surface area contributed by atoms with Gasteiger partial charge in [0.1, 0.15) is 0 Å². The van der Waals surface area contributed by atoms with Crippen molar-refractivity contribution in [3.8, 4) is 12.3 Å². The zero-order chi connectivity index (χ0) is 20.1.